The molecule has 0 spiro atoms. The lowest BCUT2D eigenvalue weighted by molar-refractivity contribution is 0.0560. The van der Waals surface area contributed by atoms with E-state index in [9.17, 15) is 0 Å². The van der Waals surface area contributed by atoms with Gasteiger partial charge in [-0.15, -0.1) is 0 Å². The van der Waals surface area contributed by atoms with E-state index in [1.807, 2.05) is 24.3 Å². The van der Waals surface area contributed by atoms with Crippen molar-refractivity contribution in [1.29, 1.82) is 0 Å². The molecule has 0 heterocycles. The van der Waals surface area contributed by atoms with Gasteiger partial charge in [-0.3, -0.25) is 0 Å². The maximum atomic E-state index is 6.10. The number of rotatable bonds is 7. The molecule has 90 valence electrons. The van der Waals surface area contributed by atoms with Crippen LogP contribution in [-0.2, 0) is 4.74 Å². The first-order chi connectivity index (χ1) is 7.79. The average molecular weight is 242 g/mol. The van der Waals surface area contributed by atoms with Gasteiger partial charge in [-0.05, 0) is 12.5 Å². The fourth-order valence-corrected chi connectivity index (χ4v) is 1.86. The molecule has 0 aromatic heterocycles. The second kappa shape index (κ2) is 7.66. The second-order valence-corrected chi connectivity index (χ2v) is 4.23. The molecular formula is C13H20ClNO. The van der Waals surface area contributed by atoms with Gasteiger partial charge in [-0.2, -0.15) is 0 Å². The number of benzene rings is 1. The van der Waals surface area contributed by atoms with Crippen molar-refractivity contribution in [1.82, 2.24) is 0 Å². The highest BCUT2D eigenvalue weighted by Crippen LogP contribution is 2.24. The zero-order chi connectivity index (χ0) is 11.8. The molecule has 0 aliphatic heterocycles. The first-order valence-electron chi connectivity index (χ1n) is 5.85. The molecule has 0 aliphatic rings. The van der Waals surface area contributed by atoms with Gasteiger partial charge in [0, 0.05) is 23.7 Å². The van der Waals surface area contributed by atoms with Crippen LogP contribution in [-0.4, -0.2) is 13.2 Å². The van der Waals surface area contributed by atoms with E-state index < -0.39 is 0 Å². The molecule has 0 aliphatic carbocycles. The standard InChI is InChI=1S/C13H20ClNO/c1-2-3-6-9-16-13(10-15)11-7-4-5-8-12(11)14/h4-5,7-8,13H,2-3,6,9-10,15H2,1H3. The van der Waals surface area contributed by atoms with Crippen molar-refractivity contribution in [3.05, 3.63) is 34.9 Å². The number of hydrogen-bond donors (Lipinski definition) is 1. The third-order valence-corrected chi connectivity index (χ3v) is 2.88. The lowest BCUT2D eigenvalue weighted by Crippen LogP contribution is -2.16. The fourth-order valence-electron chi connectivity index (χ4n) is 1.60. The molecule has 1 atom stereocenters. The minimum absolute atomic E-state index is 0.0782. The molecular weight excluding hydrogens is 222 g/mol. The minimum atomic E-state index is -0.0782. The van der Waals surface area contributed by atoms with Crippen molar-refractivity contribution < 1.29 is 4.74 Å². The first kappa shape index (κ1) is 13.5. The highest BCUT2D eigenvalue weighted by molar-refractivity contribution is 6.31. The summed E-state index contributed by atoms with van der Waals surface area (Å²) >= 11 is 6.10. The van der Waals surface area contributed by atoms with E-state index in [0.29, 0.717) is 6.54 Å². The Labute approximate surface area is 103 Å². The van der Waals surface area contributed by atoms with Crippen molar-refractivity contribution in [2.24, 2.45) is 5.73 Å². The minimum Gasteiger partial charge on any atom is -0.372 e. The smallest absolute Gasteiger partial charge is 0.0961 e. The number of nitrogens with two attached hydrogens (primary N) is 1. The van der Waals surface area contributed by atoms with E-state index in [4.69, 9.17) is 22.1 Å². The summed E-state index contributed by atoms with van der Waals surface area (Å²) in [5.74, 6) is 0. The summed E-state index contributed by atoms with van der Waals surface area (Å²) in [5.41, 5.74) is 6.69. The summed E-state index contributed by atoms with van der Waals surface area (Å²) in [5, 5.41) is 0.730. The average Bonchev–Trinajstić information content (AvgIpc) is 2.31. The van der Waals surface area contributed by atoms with Gasteiger partial charge in [0.1, 0.15) is 0 Å². The van der Waals surface area contributed by atoms with Gasteiger partial charge in [0.2, 0.25) is 0 Å². The lowest BCUT2D eigenvalue weighted by Gasteiger charge is -2.17. The third kappa shape index (κ3) is 4.12. The van der Waals surface area contributed by atoms with Crippen LogP contribution in [0, 0.1) is 0 Å². The van der Waals surface area contributed by atoms with E-state index in [0.717, 1.165) is 23.6 Å². The topological polar surface area (TPSA) is 35.2 Å². The molecule has 0 saturated carbocycles. The summed E-state index contributed by atoms with van der Waals surface area (Å²) in [6.45, 7) is 3.39. The Balaban J connectivity index is 2.51. The van der Waals surface area contributed by atoms with Crippen molar-refractivity contribution in [3.8, 4) is 0 Å². The summed E-state index contributed by atoms with van der Waals surface area (Å²) in [6, 6.07) is 7.71. The Morgan fingerprint density at radius 3 is 2.69 bits per heavy atom. The van der Waals surface area contributed by atoms with Crippen molar-refractivity contribution in [2.45, 2.75) is 32.3 Å². The Morgan fingerprint density at radius 1 is 1.31 bits per heavy atom. The number of unbranched alkanes of at least 4 members (excludes halogenated alkanes) is 2. The van der Waals surface area contributed by atoms with Crippen LogP contribution in [0.5, 0.6) is 0 Å². The van der Waals surface area contributed by atoms with Crippen LogP contribution >= 0.6 is 11.6 Å². The zero-order valence-corrected chi connectivity index (χ0v) is 10.5. The Bertz CT molecular complexity index is 304. The van der Waals surface area contributed by atoms with Gasteiger partial charge in [-0.1, -0.05) is 49.6 Å². The maximum Gasteiger partial charge on any atom is 0.0961 e. The molecule has 2 N–H and O–H groups in total. The molecule has 0 fully saturated rings. The molecule has 0 radical (unpaired) electrons. The molecule has 16 heavy (non-hydrogen) atoms. The number of hydrogen-bond acceptors (Lipinski definition) is 2. The monoisotopic (exact) mass is 241 g/mol. The van der Waals surface area contributed by atoms with Crippen LogP contribution in [0.1, 0.15) is 37.9 Å². The largest absolute Gasteiger partial charge is 0.372 e. The summed E-state index contributed by atoms with van der Waals surface area (Å²) in [6.07, 6.45) is 3.39. The van der Waals surface area contributed by atoms with Gasteiger partial charge < -0.3 is 10.5 Å². The molecule has 1 rings (SSSR count). The van der Waals surface area contributed by atoms with Crippen LogP contribution in [0.3, 0.4) is 0 Å². The normalized spacial score (nSPS) is 12.7. The van der Waals surface area contributed by atoms with E-state index >= 15 is 0 Å². The van der Waals surface area contributed by atoms with E-state index in [2.05, 4.69) is 6.92 Å². The first-order valence-corrected chi connectivity index (χ1v) is 6.23. The SMILES string of the molecule is CCCCCOC(CN)c1ccccc1Cl. The van der Waals surface area contributed by atoms with Gasteiger partial charge in [0.15, 0.2) is 0 Å². The second-order valence-electron chi connectivity index (χ2n) is 3.82. The number of ether oxygens (including phenoxy) is 1. The van der Waals surface area contributed by atoms with Crippen LogP contribution in [0.15, 0.2) is 24.3 Å². The van der Waals surface area contributed by atoms with Gasteiger partial charge in [0.25, 0.3) is 0 Å². The molecule has 1 aromatic rings. The summed E-state index contributed by atoms with van der Waals surface area (Å²) in [7, 11) is 0. The summed E-state index contributed by atoms with van der Waals surface area (Å²) < 4.78 is 5.75. The lowest BCUT2D eigenvalue weighted by atomic mass is 10.1. The Hall–Kier alpha value is -0.570. The van der Waals surface area contributed by atoms with Crippen molar-refractivity contribution in [2.75, 3.05) is 13.2 Å². The predicted octanol–water partition coefficient (Wildman–Crippen LogP) is 3.55. The van der Waals surface area contributed by atoms with Crippen LogP contribution in [0.25, 0.3) is 0 Å². The molecule has 0 bridgehead atoms. The molecule has 1 unspecified atom stereocenters. The fraction of sp³-hybridized carbons (Fsp3) is 0.538. The third-order valence-electron chi connectivity index (χ3n) is 2.53. The maximum absolute atomic E-state index is 6.10. The molecule has 1 aromatic carbocycles. The molecule has 0 saturated heterocycles. The highest BCUT2D eigenvalue weighted by Gasteiger charge is 2.12. The Kier molecular flexibility index (Phi) is 6.46. The van der Waals surface area contributed by atoms with Crippen molar-refractivity contribution >= 4 is 11.6 Å². The van der Waals surface area contributed by atoms with Crippen LogP contribution in [0.2, 0.25) is 5.02 Å². The van der Waals surface area contributed by atoms with Crippen molar-refractivity contribution in [3.63, 3.8) is 0 Å². The van der Waals surface area contributed by atoms with E-state index in [1.54, 1.807) is 0 Å². The van der Waals surface area contributed by atoms with Gasteiger partial charge in [-0.25, -0.2) is 0 Å². The van der Waals surface area contributed by atoms with Crippen LogP contribution in [0.4, 0.5) is 0 Å². The zero-order valence-electron chi connectivity index (χ0n) is 9.79. The van der Waals surface area contributed by atoms with E-state index in [1.165, 1.54) is 12.8 Å². The van der Waals surface area contributed by atoms with Gasteiger partial charge in [0.05, 0.1) is 6.10 Å². The van der Waals surface area contributed by atoms with Gasteiger partial charge >= 0.3 is 0 Å². The summed E-state index contributed by atoms with van der Waals surface area (Å²) in [4.78, 5) is 0. The van der Waals surface area contributed by atoms with Crippen LogP contribution < -0.4 is 5.73 Å². The molecule has 2 nitrogen and oxygen atoms in total. The molecule has 3 heteroatoms. The number of halogens is 1. The molecule has 0 amide bonds. The van der Waals surface area contributed by atoms with E-state index in [-0.39, 0.29) is 6.10 Å². The predicted molar refractivity (Wildman–Crippen MR) is 68.7 cm³/mol. The Morgan fingerprint density at radius 2 is 2.06 bits per heavy atom. The quantitative estimate of drug-likeness (QED) is 0.741. The highest BCUT2D eigenvalue weighted by atomic mass is 35.5.